The molecule has 0 radical (unpaired) electrons. The first kappa shape index (κ1) is 17.7. The van der Waals surface area contributed by atoms with Gasteiger partial charge in [0.05, 0.1) is 0 Å². The fourth-order valence-corrected chi connectivity index (χ4v) is 2.43. The lowest BCUT2D eigenvalue weighted by atomic mass is 10.1. The number of hydrogen-bond donors (Lipinski definition) is 1. The molecule has 134 valence electrons. The molecule has 3 rings (SSSR count). The third kappa shape index (κ3) is 4.08. The molecule has 1 unspecified atom stereocenters. The number of nitrogens with zero attached hydrogens (tertiary/aromatic N) is 2. The number of aryl methyl sites for hydroxylation is 3. The van der Waals surface area contributed by atoms with Gasteiger partial charge in [0.25, 0.3) is 17.7 Å². The summed E-state index contributed by atoms with van der Waals surface area (Å²) in [6.07, 6.45) is -0.696. The molecule has 0 spiro atoms. The molecule has 0 aliphatic heterocycles. The maximum atomic E-state index is 12.3. The van der Waals surface area contributed by atoms with E-state index in [0.29, 0.717) is 11.6 Å². The maximum absolute atomic E-state index is 12.3. The number of amides is 1. The lowest BCUT2D eigenvalue weighted by Gasteiger charge is -2.14. The van der Waals surface area contributed by atoms with Crippen molar-refractivity contribution < 1.29 is 14.1 Å². The average molecular weight is 351 g/mol. The Labute approximate surface area is 152 Å². The molecule has 2 aromatic carbocycles. The highest BCUT2D eigenvalue weighted by Gasteiger charge is 2.18. The van der Waals surface area contributed by atoms with E-state index < -0.39 is 6.10 Å². The van der Waals surface area contributed by atoms with Gasteiger partial charge in [0.1, 0.15) is 5.75 Å². The molecule has 6 nitrogen and oxygen atoms in total. The third-order valence-corrected chi connectivity index (χ3v) is 4.09. The number of benzene rings is 2. The van der Waals surface area contributed by atoms with Gasteiger partial charge in [-0.05, 0) is 68.2 Å². The van der Waals surface area contributed by atoms with Crippen LogP contribution in [0.25, 0.3) is 11.5 Å². The number of nitrogens with one attached hydrogen (secondary N) is 1. The summed E-state index contributed by atoms with van der Waals surface area (Å²) in [6.45, 7) is 7.68. The highest BCUT2D eigenvalue weighted by Crippen LogP contribution is 2.20. The minimum Gasteiger partial charge on any atom is -0.481 e. The van der Waals surface area contributed by atoms with Crippen LogP contribution >= 0.6 is 0 Å². The van der Waals surface area contributed by atoms with Crippen molar-refractivity contribution in [1.82, 2.24) is 10.1 Å². The third-order valence-electron chi connectivity index (χ3n) is 4.09. The summed E-state index contributed by atoms with van der Waals surface area (Å²) in [6, 6.07) is 13.4. The standard InChI is InChI=1S/C20H21N3O3/c1-12-6-5-7-16(10-12)19-22-20(23-26-19)21-18(24)15(4)25-17-9-8-13(2)14(3)11-17/h5-11,15H,1-4H3,(H,21,23,24). The first-order chi connectivity index (χ1) is 12.4. The number of anilines is 1. The Morgan fingerprint density at radius 3 is 2.65 bits per heavy atom. The summed E-state index contributed by atoms with van der Waals surface area (Å²) >= 11 is 0. The Hall–Kier alpha value is -3.15. The van der Waals surface area contributed by atoms with Crippen molar-refractivity contribution in [2.75, 3.05) is 5.32 Å². The molecular weight excluding hydrogens is 330 g/mol. The molecule has 0 fully saturated rings. The molecular formula is C20H21N3O3. The van der Waals surface area contributed by atoms with E-state index >= 15 is 0 Å². The van der Waals surface area contributed by atoms with E-state index in [1.54, 1.807) is 6.92 Å². The number of aromatic nitrogens is 2. The quantitative estimate of drug-likeness (QED) is 0.750. The molecule has 0 saturated heterocycles. The maximum Gasteiger partial charge on any atom is 0.270 e. The molecule has 0 aliphatic carbocycles. The molecule has 6 heteroatoms. The van der Waals surface area contributed by atoms with Crippen molar-refractivity contribution in [3.8, 4) is 17.2 Å². The Balaban J connectivity index is 1.65. The topological polar surface area (TPSA) is 77.2 Å². The van der Waals surface area contributed by atoms with Crippen LogP contribution in [0.2, 0.25) is 0 Å². The van der Waals surface area contributed by atoms with Crippen LogP contribution in [0.1, 0.15) is 23.6 Å². The molecule has 1 heterocycles. The van der Waals surface area contributed by atoms with Gasteiger partial charge >= 0.3 is 0 Å². The lowest BCUT2D eigenvalue weighted by molar-refractivity contribution is -0.122. The van der Waals surface area contributed by atoms with Crippen LogP contribution in [0.5, 0.6) is 5.75 Å². The van der Waals surface area contributed by atoms with Crippen molar-refractivity contribution in [2.45, 2.75) is 33.8 Å². The van der Waals surface area contributed by atoms with E-state index in [2.05, 4.69) is 15.5 Å². The van der Waals surface area contributed by atoms with E-state index in [0.717, 1.165) is 16.7 Å². The van der Waals surface area contributed by atoms with Crippen molar-refractivity contribution in [2.24, 2.45) is 0 Å². The Bertz CT molecular complexity index is 934. The zero-order chi connectivity index (χ0) is 18.7. The Morgan fingerprint density at radius 1 is 1.12 bits per heavy atom. The summed E-state index contributed by atoms with van der Waals surface area (Å²) in [4.78, 5) is 16.5. The molecule has 0 saturated carbocycles. The van der Waals surface area contributed by atoms with Gasteiger partial charge in [-0.15, -0.1) is 0 Å². The smallest absolute Gasteiger partial charge is 0.270 e. The van der Waals surface area contributed by atoms with E-state index in [4.69, 9.17) is 9.26 Å². The summed E-state index contributed by atoms with van der Waals surface area (Å²) in [5.74, 6) is 0.762. The Kier molecular flexibility index (Phi) is 5.02. The molecule has 1 aromatic heterocycles. The minimum atomic E-state index is -0.696. The van der Waals surface area contributed by atoms with Crippen LogP contribution in [0, 0.1) is 20.8 Å². The van der Waals surface area contributed by atoms with Crippen LogP contribution in [-0.4, -0.2) is 22.2 Å². The van der Waals surface area contributed by atoms with Crippen molar-refractivity contribution >= 4 is 11.9 Å². The van der Waals surface area contributed by atoms with Gasteiger partial charge in [-0.25, -0.2) is 0 Å². The zero-order valence-corrected chi connectivity index (χ0v) is 15.2. The predicted molar refractivity (Wildman–Crippen MR) is 99.1 cm³/mol. The van der Waals surface area contributed by atoms with Gasteiger partial charge in [-0.1, -0.05) is 23.8 Å². The summed E-state index contributed by atoms with van der Waals surface area (Å²) in [7, 11) is 0. The van der Waals surface area contributed by atoms with Crippen LogP contribution in [0.3, 0.4) is 0 Å². The minimum absolute atomic E-state index is 0.113. The van der Waals surface area contributed by atoms with E-state index in [9.17, 15) is 4.79 Å². The molecule has 1 atom stereocenters. The van der Waals surface area contributed by atoms with E-state index in [-0.39, 0.29) is 11.9 Å². The second-order valence-corrected chi connectivity index (χ2v) is 6.29. The van der Waals surface area contributed by atoms with Crippen molar-refractivity contribution in [1.29, 1.82) is 0 Å². The van der Waals surface area contributed by atoms with Crippen molar-refractivity contribution in [3.05, 3.63) is 59.2 Å². The molecule has 1 N–H and O–H groups in total. The van der Waals surface area contributed by atoms with Crippen LogP contribution in [0.15, 0.2) is 47.0 Å². The molecule has 0 aliphatic rings. The number of carbonyl (C=O) groups excluding carboxylic acids is 1. The lowest BCUT2D eigenvalue weighted by Crippen LogP contribution is -2.30. The second-order valence-electron chi connectivity index (χ2n) is 6.29. The highest BCUT2D eigenvalue weighted by atomic mass is 16.5. The van der Waals surface area contributed by atoms with Gasteiger partial charge in [0.2, 0.25) is 0 Å². The second kappa shape index (κ2) is 7.39. The fourth-order valence-electron chi connectivity index (χ4n) is 2.43. The van der Waals surface area contributed by atoms with Gasteiger partial charge in [0.15, 0.2) is 6.10 Å². The number of rotatable bonds is 5. The molecule has 3 aromatic rings. The van der Waals surface area contributed by atoms with Crippen molar-refractivity contribution in [3.63, 3.8) is 0 Å². The first-order valence-corrected chi connectivity index (χ1v) is 8.38. The van der Waals surface area contributed by atoms with Crippen LogP contribution < -0.4 is 10.1 Å². The van der Waals surface area contributed by atoms with Gasteiger partial charge in [0, 0.05) is 5.56 Å². The first-order valence-electron chi connectivity index (χ1n) is 8.38. The zero-order valence-electron chi connectivity index (χ0n) is 15.2. The molecule has 26 heavy (non-hydrogen) atoms. The summed E-state index contributed by atoms with van der Waals surface area (Å²) in [5.41, 5.74) is 4.17. The normalized spacial score (nSPS) is 11.8. The Morgan fingerprint density at radius 2 is 1.92 bits per heavy atom. The van der Waals surface area contributed by atoms with Crippen LogP contribution in [0.4, 0.5) is 5.95 Å². The highest BCUT2D eigenvalue weighted by molar-refractivity contribution is 5.92. The number of hydrogen-bond acceptors (Lipinski definition) is 5. The van der Waals surface area contributed by atoms with Gasteiger partial charge in [-0.2, -0.15) is 4.98 Å². The summed E-state index contributed by atoms with van der Waals surface area (Å²) < 4.78 is 10.9. The largest absolute Gasteiger partial charge is 0.481 e. The van der Waals surface area contributed by atoms with E-state index in [1.165, 1.54) is 5.56 Å². The SMILES string of the molecule is Cc1cccc(-c2nc(NC(=O)C(C)Oc3ccc(C)c(C)c3)no2)c1. The number of ether oxygens (including phenoxy) is 1. The summed E-state index contributed by atoms with van der Waals surface area (Å²) in [5, 5.41) is 6.42. The average Bonchev–Trinajstić information content (AvgIpc) is 3.06. The van der Waals surface area contributed by atoms with Gasteiger partial charge in [-0.3, -0.25) is 10.1 Å². The monoisotopic (exact) mass is 351 g/mol. The van der Waals surface area contributed by atoms with Gasteiger partial charge < -0.3 is 9.26 Å². The molecule has 1 amide bonds. The van der Waals surface area contributed by atoms with E-state index in [1.807, 2.05) is 63.2 Å². The number of carbonyl (C=O) groups is 1. The van der Waals surface area contributed by atoms with Crippen LogP contribution in [-0.2, 0) is 4.79 Å². The molecule has 0 bridgehead atoms. The fraction of sp³-hybridized carbons (Fsp3) is 0.250. The predicted octanol–water partition coefficient (Wildman–Crippen LogP) is 4.07.